The summed E-state index contributed by atoms with van der Waals surface area (Å²) in [6.45, 7) is 0. The molecule has 4 N–H and O–H groups in total. The third kappa shape index (κ3) is 0.956. The summed E-state index contributed by atoms with van der Waals surface area (Å²) in [6, 6.07) is 3.73. The van der Waals surface area contributed by atoms with Gasteiger partial charge in [-0.1, -0.05) is 0 Å². The minimum atomic E-state index is 0.644. The molecule has 0 radical (unpaired) electrons. The molecule has 0 saturated carbocycles. The van der Waals surface area contributed by atoms with E-state index in [-0.39, 0.29) is 0 Å². The monoisotopic (exact) mass is 196 g/mol. The van der Waals surface area contributed by atoms with Gasteiger partial charge in [0, 0.05) is 21.7 Å². The first-order chi connectivity index (χ1) is 5.70. The second kappa shape index (κ2) is 2.57. The van der Waals surface area contributed by atoms with Crippen LogP contribution in [0.4, 0.5) is 11.4 Å². The van der Waals surface area contributed by atoms with Crippen molar-refractivity contribution in [2.24, 2.45) is 0 Å². The SMILES string of the molecule is Nc1cc(N)c2ccsc2c1S. The lowest BCUT2D eigenvalue weighted by Crippen LogP contribution is -1.91. The molecule has 1 aromatic heterocycles. The van der Waals surface area contributed by atoms with E-state index in [4.69, 9.17) is 11.5 Å². The van der Waals surface area contributed by atoms with Crippen molar-refractivity contribution in [1.82, 2.24) is 0 Å². The van der Waals surface area contributed by atoms with Crippen molar-refractivity contribution in [2.75, 3.05) is 11.5 Å². The lowest BCUT2D eigenvalue weighted by Gasteiger charge is -2.02. The third-order valence-electron chi connectivity index (χ3n) is 1.78. The molecular weight excluding hydrogens is 188 g/mol. The average Bonchev–Trinajstić information content (AvgIpc) is 2.48. The molecule has 62 valence electrons. The molecule has 2 rings (SSSR count). The molecule has 0 atom stereocenters. The smallest absolute Gasteiger partial charge is 0.0517 e. The highest BCUT2D eigenvalue weighted by Gasteiger charge is 2.05. The Labute approximate surface area is 79.6 Å². The summed E-state index contributed by atoms with van der Waals surface area (Å²) < 4.78 is 1.07. The fourth-order valence-electron chi connectivity index (χ4n) is 1.16. The summed E-state index contributed by atoms with van der Waals surface area (Å²) in [6.07, 6.45) is 0. The van der Waals surface area contributed by atoms with E-state index in [9.17, 15) is 0 Å². The fraction of sp³-hybridized carbons (Fsp3) is 0. The second-order valence-electron chi connectivity index (χ2n) is 2.57. The fourth-order valence-corrected chi connectivity index (χ4v) is 2.39. The zero-order valence-electron chi connectivity index (χ0n) is 6.24. The van der Waals surface area contributed by atoms with Crippen molar-refractivity contribution in [2.45, 2.75) is 4.90 Å². The molecule has 2 nitrogen and oxygen atoms in total. The molecule has 4 heteroatoms. The van der Waals surface area contributed by atoms with Crippen molar-refractivity contribution in [1.29, 1.82) is 0 Å². The van der Waals surface area contributed by atoms with Crippen LogP contribution in [0.25, 0.3) is 10.1 Å². The van der Waals surface area contributed by atoms with Crippen molar-refractivity contribution in [3.8, 4) is 0 Å². The van der Waals surface area contributed by atoms with E-state index < -0.39 is 0 Å². The molecule has 0 saturated heterocycles. The Kier molecular flexibility index (Phi) is 1.66. The Morgan fingerprint density at radius 1 is 1.25 bits per heavy atom. The average molecular weight is 196 g/mol. The molecule has 0 bridgehead atoms. The number of thiophene rings is 1. The molecule has 0 aliphatic carbocycles. The maximum Gasteiger partial charge on any atom is 0.0517 e. The summed E-state index contributed by atoms with van der Waals surface area (Å²) in [5.74, 6) is 0. The Bertz CT molecular complexity index is 434. The van der Waals surface area contributed by atoms with Gasteiger partial charge in [-0.2, -0.15) is 0 Å². The maximum absolute atomic E-state index is 5.76. The van der Waals surface area contributed by atoms with Crippen LogP contribution in [-0.2, 0) is 0 Å². The number of anilines is 2. The van der Waals surface area contributed by atoms with Crippen LogP contribution >= 0.6 is 24.0 Å². The minimum absolute atomic E-state index is 0.644. The molecule has 0 unspecified atom stereocenters. The number of hydrogen-bond donors (Lipinski definition) is 3. The van der Waals surface area contributed by atoms with E-state index in [2.05, 4.69) is 12.6 Å². The van der Waals surface area contributed by atoms with Gasteiger partial charge in [-0.05, 0) is 17.5 Å². The highest BCUT2D eigenvalue weighted by atomic mass is 32.1. The largest absolute Gasteiger partial charge is 0.398 e. The number of nitrogen functional groups attached to an aromatic ring is 2. The van der Waals surface area contributed by atoms with Crippen LogP contribution in [0.5, 0.6) is 0 Å². The van der Waals surface area contributed by atoms with Gasteiger partial charge in [0.25, 0.3) is 0 Å². The number of benzene rings is 1. The lowest BCUT2D eigenvalue weighted by molar-refractivity contribution is 1.58. The van der Waals surface area contributed by atoms with Crippen LogP contribution in [0.1, 0.15) is 0 Å². The lowest BCUT2D eigenvalue weighted by atomic mass is 10.2. The normalized spacial score (nSPS) is 10.8. The first kappa shape index (κ1) is 7.76. The number of nitrogens with two attached hydrogens (primary N) is 2. The summed E-state index contributed by atoms with van der Waals surface area (Å²) >= 11 is 5.91. The van der Waals surface area contributed by atoms with Crippen molar-refractivity contribution in [3.05, 3.63) is 17.5 Å². The summed E-state index contributed by atoms with van der Waals surface area (Å²) in [5, 5.41) is 3.03. The van der Waals surface area contributed by atoms with E-state index >= 15 is 0 Å². The van der Waals surface area contributed by atoms with Crippen molar-refractivity contribution >= 4 is 45.4 Å². The van der Waals surface area contributed by atoms with Gasteiger partial charge in [0.1, 0.15) is 0 Å². The number of fused-ring (bicyclic) bond motifs is 1. The third-order valence-corrected chi connectivity index (χ3v) is 3.34. The van der Waals surface area contributed by atoms with Gasteiger partial charge in [0.2, 0.25) is 0 Å². The second-order valence-corrected chi connectivity index (χ2v) is 3.93. The van der Waals surface area contributed by atoms with Gasteiger partial charge in [-0.25, -0.2) is 0 Å². The van der Waals surface area contributed by atoms with E-state index in [0.717, 1.165) is 20.7 Å². The molecule has 0 fully saturated rings. The van der Waals surface area contributed by atoms with Gasteiger partial charge >= 0.3 is 0 Å². The van der Waals surface area contributed by atoms with Crippen LogP contribution in [0, 0.1) is 0 Å². The molecule has 12 heavy (non-hydrogen) atoms. The molecule has 1 heterocycles. The van der Waals surface area contributed by atoms with Crippen LogP contribution in [0.15, 0.2) is 22.4 Å². The number of rotatable bonds is 0. The molecule has 2 aromatic rings. The van der Waals surface area contributed by atoms with Crippen molar-refractivity contribution in [3.63, 3.8) is 0 Å². The topological polar surface area (TPSA) is 52.0 Å². The summed E-state index contributed by atoms with van der Waals surface area (Å²) in [5.41, 5.74) is 12.8. The standard InChI is InChI=1S/C8H8N2S2/c9-5-3-6(10)7(11)8-4(5)1-2-12-8/h1-3,11H,9-10H2. The van der Waals surface area contributed by atoms with Crippen molar-refractivity contribution < 1.29 is 0 Å². The van der Waals surface area contributed by atoms with Gasteiger partial charge in [0.05, 0.1) is 4.70 Å². The minimum Gasteiger partial charge on any atom is -0.398 e. The van der Waals surface area contributed by atoms with E-state index in [1.54, 1.807) is 17.4 Å². The highest BCUT2D eigenvalue weighted by molar-refractivity contribution is 7.81. The van der Waals surface area contributed by atoms with E-state index in [1.807, 2.05) is 11.4 Å². The van der Waals surface area contributed by atoms with Gasteiger partial charge < -0.3 is 11.5 Å². The van der Waals surface area contributed by atoms with Crippen LogP contribution < -0.4 is 11.5 Å². The highest BCUT2D eigenvalue weighted by Crippen LogP contribution is 2.35. The Hall–Kier alpha value is -0.870. The molecule has 0 spiro atoms. The predicted octanol–water partition coefficient (Wildman–Crippen LogP) is 2.35. The quantitative estimate of drug-likeness (QED) is 0.447. The molecule has 0 aliphatic heterocycles. The summed E-state index contributed by atoms with van der Waals surface area (Å²) in [7, 11) is 0. The van der Waals surface area contributed by atoms with Crippen LogP contribution in [-0.4, -0.2) is 0 Å². The van der Waals surface area contributed by atoms with Gasteiger partial charge in [0.15, 0.2) is 0 Å². The van der Waals surface area contributed by atoms with E-state index in [0.29, 0.717) is 5.69 Å². The first-order valence-electron chi connectivity index (χ1n) is 3.44. The van der Waals surface area contributed by atoms with Crippen LogP contribution in [0.2, 0.25) is 0 Å². The zero-order valence-corrected chi connectivity index (χ0v) is 7.95. The van der Waals surface area contributed by atoms with Crippen LogP contribution in [0.3, 0.4) is 0 Å². The molecule has 0 amide bonds. The van der Waals surface area contributed by atoms with Gasteiger partial charge in [-0.15, -0.1) is 24.0 Å². The molecule has 0 aliphatic rings. The Morgan fingerprint density at radius 2 is 2.00 bits per heavy atom. The molecule has 1 aromatic carbocycles. The number of hydrogen-bond acceptors (Lipinski definition) is 4. The van der Waals surface area contributed by atoms with E-state index in [1.165, 1.54) is 0 Å². The van der Waals surface area contributed by atoms with Gasteiger partial charge in [-0.3, -0.25) is 0 Å². The first-order valence-corrected chi connectivity index (χ1v) is 4.77. The zero-order chi connectivity index (χ0) is 8.72. The Balaban J connectivity index is 2.97. The summed E-state index contributed by atoms with van der Waals surface area (Å²) in [4.78, 5) is 0.828. The number of thiol groups is 1. The maximum atomic E-state index is 5.76. The Morgan fingerprint density at radius 3 is 2.75 bits per heavy atom. The predicted molar refractivity (Wildman–Crippen MR) is 57.9 cm³/mol. The molecular formula is C8H8N2S2.